The normalized spacial score (nSPS) is 10.1. The maximum atomic E-state index is 5.79. The molecule has 0 aliphatic carbocycles. The zero-order valence-electron chi connectivity index (χ0n) is 7.44. The number of pyridine rings is 1. The van der Waals surface area contributed by atoms with Gasteiger partial charge in [0.05, 0.1) is 5.69 Å². The number of rotatable bonds is 1. The quantitative estimate of drug-likeness (QED) is 0.776. The Morgan fingerprint density at radius 1 is 1.00 bits per heavy atom. The lowest BCUT2D eigenvalue weighted by Crippen LogP contribution is -1.87. The lowest BCUT2D eigenvalue weighted by atomic mass is 10.1. The van der Waals surface area contributed by atoms with Gasteiger partial charge in [-0.3, -0.25) is 4.98 Å². The molecule has 0 spiro atoms. The largest absolute Gasteiger partial charge is 0.397 e. The molecule has 3 heteroatoms. The van der Waals surface area contributed by atoms with E-state index in [9.17, 15) is 0 Å². The molecule has 1 aromatic heterocycles. The third-order valence-electron chi connectivity index (χ3n) is 1.94. The molecule has 0 saturated carbocycles. The van der Waals surface area contributed by atoms with Crippen LogP contribution in [0.2, 0.25) is 5.02 Å². The minimum Gasteiger partial charge on any atom is -0.397 e. The highest BCUT2D eigenvalue weighted by Gasteiger charge is 1.97. The molecule has 1 heterocycles. The Morgan fingerprint density at radius 3 is 2.36 bits per heavy atom. The van der Waals surface area contributed by atoms with Crippen LogP contribution in [0.1, 0.15) is 0 Å². The first kappa shape index (κ1) is 9.03. The van der Waals surface area contributed by atoms with E-state index < -0.39 is 0 Å². The molecule has 0 atom stereocenters. The van der Waals surface area contributed by atoms with Crippen LogP contribution in [0, 0.1) is 0 Å². The van der Waals surface area contributed by atoms with E-state index in [0.717, 1.165) is 16.1 Å². The molecule has 0 bridgehead atoms. The third-order valence-corrected chi connectivity index (χ3v) is 2.19. The molecular weight excluding hydrogens is 196 g/mol. The van der Waals surface area contributed by atoms with Crippen LogP contribution in [-0.4, -0.2) is 4.98 Å². The van der Waals surface area contributed by atoms with Gasteiger partial charge in [-0.05, 0) is 23.8 Å². The summed E-state index contributed by atoms with van der Waals surface area (Å²) in [5.41, 5.74) is 8.37. The molecular formula is C11H9ClN2. The van der Waals surface area contributed by atoms with Crippen molar-refractivity contribution in [2.75, 3.05) is 5.73 Å². The summed E-state index contributed by atoms with van der Waals surface area (Å²) in [7, 11) is 0. The summed E-state index contributed by atoms with van der Waals surface area (Å²) in [5.74, 6) is 0. The number of anilines is 1. The van der Waals surface area contributed by atoms with Gasteiger partial charge in [-0.2, -0.15) is 0 Å². The van der Waals surface area contributed by atoms with Crippen molar-refractivity contribution in [3.05, 3.63) is 47.7 Å². The number of aromatic nitrogens is 1. The van der Waals surface area contributed by atoms with Crippen LogP contribution in [0.4, 0.5) is 5.69 Å². The maximum Gasteiger partial charge on any atom is 0.0506 e. The van der Waals surface area contributed by atoms with Gasteiger partial charge in [0, 0.05) is 23.0 Å². The lowest BCUT2D eigenvalue weighted by Gasteiger charge is -2.01. The number of nitrogen functional groups attached to an aromatic ring is 1. The molecule has 0 amide bonds. The predicted octanol–water partition coefficient (Wildman–Crippen LogP) is 2.98. The standard InChI is InChI=1S/C11H9ClN2/c12-10-3-1-8(2-4-10)9-5-11(13)7-14-6-9/h1-7H,13H2. The van der Waals surface area contributed by atoms with Gasteiger partial charge < -0.3 is 5.73 Å². The maximum absolute atomic E-state index is 5.79. The van der Waals surface area contributed by atoms with Crippen LogP contribution < -0.4 is 5.73 Å². The van der Waals surface area contributed by atoms with Gasteiger partial charge in [0.1, 0.15) is 0 Å². The van der Waals surface area contributed by atoms with Crippen molar-refractivity contribution in [1.29, 1.82) is 0 Å². The van der Waals surface area contributed by atoms with Crippen LogP contribution in [0.5, 0.6) is 0 Å². The molecule has 14 heavy (non-hydrogen) atoms. The van der Waals surface area contributed by atoms with Crippen LogP contribution in [-0.2, 0) is 0 Å². The molecule has 0 saturated heterocycles. The van der Waals surface area contributed by atoms with Gasteiger partial charge in [0.15, 0.2) is 0 Å². The van der Waals surface area contributed by atoms with Crippen LogP contribution in [0.25, 0.3) is 11.1 Å². The van der Waals surface area contributed by atoms with E-state index in [2.05, 4.69) is 4.98 Å². The third kappa shape index (κ3) is 1.86. The SMILES string of the molecule is Nc1cncc(-c2ccc(Cl)cc2)c1. The highest BCUT2D eigenvalue weighted by Crippen LogP contribution is 2.21. The second-order valence-corrected chi connectivity index (χ2v) is 3.45. The molecule has 0 unspecified atom stereocenters. The topological polar surface area (TPSA) is 38.9 Å². The van der Waals surface area contributed by atoms with E-state index in [1.165, 1.54) is 0 Å². The van der Waals surface area contributed by atoms with Crippen molar-refractivity contribution >= 4 is 17.3 Å². The van der Waals surface area contributed by atoms with Gasteiger partial charge in [0.25, 0.3) is 0 Å². The molecule has 2 nitrogen and oxygen atoms in total. The van der Waals surface area contributed by atoms with Crippen molar-refractivity contribution in [3.8, 4) is 11.1 Å². The highest BCUT2D eigenvalue weighted by molar-refractivity contribution is 6.30. The Bertz CT molecular complexity index is 437. The summed E-state index contributed by atoms with van der Waals surface area (Å²) in [4.78, 5) is 4.03. The van der Waals surface area contributed by atoms with Crippen molar-refractivity contribution in [1.82, 2.24) is 4.98 Å². The van der Waals surface area contributed by atoms with E-state index in [1.54, 1.807) is 12.4 Å². The van der Waals surface area contributed by atoms with Crippen LogP contribution in [0.15, 0.2) is 42.7 Å². The molecule has 0 radical (unpaired) electrons. The molecule has 2 N–H and O–H groups in total. The molecule has 2 aromatic rings. The number of benzene rings is 1. The second kappa shape index (κ2) is 3.68. The fraction of sp³-hybridized carbons (Fsp3) is 0. The fourth-order valence-electron chi connectivity index (χ4n) is 1.26. The van der Waals surface area contributed by atoms with Gasteiger partial charge in [0.2, 0.25) is 0 Å². The molecule has 0 fully saturated rings. The summed E-state index contributed by atoms with van der Waals surface area (Å²) in [6, 6.07) is 9.47. The van der Waals surface area contributed by atoms with Crippen LogP contribution >= 0.6 is 11.6 Å². The molecule has 1 aromatic carbocycles. The lowest BCUT2D eigenvalue weighted by molar-refractivity contribution is 1.33. The Labute approximate surface area is 87.4 Å². The van der Waals surface area contributed by atoms with E-state index in [-0.39, 0.29) is 0 Å². The Morgan fingerprint density at radius 2 is 1.71 bits per heavy atom. The van der Waals surface area contributed by atoms with Crippen molar-refractivity contribution in [2.45, 2.75) is 0 Å². The van der Waals surface area contributed by atoms with E-state index >= 15 is 0 Å². The monoisotopic (exact) mass is 204 g/mol. The van der Waals surface area contributed by atoms with E-state index in [4.69, 9.17) is 17.3 Å². The minimum atomic E-state index is 0.664. The summed E-state index contributed by atoms with van der Waals surface area (Å²) < 4.78 is 0. The number of halogens is 1. The zero-order chi connectivity index (χ0) is 9.97. The number of hydrogen-bond donors (Lipinski definition) is 1. The first-order valence-electron chi connectivity index (χ1n) is 4.22. The van der Waals surface area contributed by atoms with Crippen molar-refractivity contribution in [3.63, 3.8) is 0 Å². The minimum absolute atomic E-state index is 0.664. The Balaban J connectivity index is 2.44. The Hall–Kier alpha value is -1.54. The number of nitrogens with two attached hydrogens (primary N) is 1. The summed E-state index contributed by atoms with van der Waals surface area (Å²) in [6.07, 6.45) is 3.40. The van der Waals surface area contributed by atoms with Gasteiger partial charge in [-0.25, -0.2) is 0 Å². The zero-order valence-corrected chi connectivity index (χ0v) is 8.20. The molecule has 70 valence electrons. The average molecular weight is 205 g/mol. The fourth-order valence-corrected chi connectivity index (χ4v) is 1.38. The van der Waals surface area contributed by atoms with E-state index in [0.29, 0.717) is 5.69 Å². The molecule has 2 rings (SSSR count). The summed E-state index contributed by atoms with van der Waals surface area (Å²) >= 11 is 5.79. The van der Waals surface area contributed by atoms with Gasteiger partial charge >= 0.3 is 0 Å². The highest BCUT2D eigenvalue weighted by atomic mass is 35.5. The Kier molecular flexibility index (Phi) is 2.37. The average Bonchev–Trinajstić information content (AvgIpc) is 2.19. The molecule has 0 aliphatic heterocycles. The smallest absolute Gasteiger partial charge is 0.0506 e. The van der Waals surface area contributed by atoms with Crippen LogP contribution in [0.3, 0.4) is 0 Å². The van der Waals surface area contributed by atoms with Crippen molar-refractivity contribution < 1.29 is 0 Å². The number of nitrogens with zero attached hydrogens (tertiary/aromatic N) is 1. The first-order chi connectivity index (χ1) is 6.75. The summed E-state index contributed by atoms with van der Waals surface area (Å²) in [6.45, 7) is 0. The molecule has 0 aliphatic rings. The number of hydrogen-bond acceptors (Lipinski definition) is 2. The van der Waals surface area contributed by atoms with Gasteiger partial charge in [-0.15, -0.1) is 0 Å². The summed E-state index contributed by atoms with van der Waals surface area (Å²) in [5, 5.41) is 0.727. The predicted molar refractivity (Wildman–Crippen MR) is 59.1 cm³/mol. The van der Waals surface area contributed by atoms with Gasteiger partial charge in [-0.1, -0.05) is 23.7 Å². The second-order valence-electron chi connectivity index (χ2n) is 3.01. The first-order valence-corrected chi connectivity index (χ1v) is 4.60. The van der Waals surface area contributed by atoms with Crippen molar-refractivity contribution in [2.24, 2.45) is 0 Å². The van der Waals surface area contributed by atoms with E-state index in [1.807, 2.05) is 30.3 Å².